The number of carbonyl (C=O) groups is 3. The first-order valence-corrected chi connectivity index (χ1v) is 29.0. The van der Waals surface area contributed by atoms with Crippen molar-refractivity contribution < 1.29 is 42.9 Å². The maximum atomic E-state index is 12.8. The number of hydrogen-bond donors (Lipinski definition) is 0. The van der Waals surface area contributed by atoms with E-state index in [1.165, 1.54) is 64.2 Å². The van der Waals surface area contributed by atoms with E-state index in [4.69, 9.17) is 18.9 Å². The second kappa shape index (κ2) is 55.4. The van der Waals surface area contributed by atoms with E-state index in [1.807, 2.05) is 33.3 Å². The van der Waals surface area contributed by atoms with Crippen molar-refractivity contribution in [1.29, 1.82) is 0 Å². The first kappa shape index (κ1) is 70.2. The van der Waals surface area contributed by atoms with Gasteiger partial charge in [-0.3, -0.25) is 9.59 Å². The van der Waals surface area contributed by atoms with Crippen LogP contribution in [0.15, 0.2) is 146 Å². The number of nitrogens with zero attached hydrogens (tertiary/aromatic N) is 1. The Bertz CT molecular complexity index is 1730. The topological polar surface area (TPSA) is 111 Å². The predicted molar refractivity (Wildman–Crippen MR) is 315 cm³/mol. The van der Waals surface area contributed by atoms with Gasteiger partial charge in [0.05, 0.1) is 46.7 Å². The largest absolute Gasteiger partial charge is 0.545 e. The molecular formula is C66H105NO8. The Morgan fingerprint density at radius 1 is 0.413 bits per heavy atom. The number of unbranched alkanes of at least 4 members (excludes halogenated alkanes) is 13. The molecule has 2 atom stereocenters. The van der Waals surface area contributed by atoms with Gasteiger partial charge in [0.25, 0.3) is 0 Å². The quantitative estimate of drug-likeness (QED) is 0.0195. The Morgan fingerprint density at radius 3 is 1.13 bits per heavy atom. The number of carboxylic acids is 1. The monoisotopic (exact) mass is 1040 g/mol. The summed E-state index contributed by atoms with van der Waals surface area (Å²) in [4.78, 5) is 37.2. The van der Waals surface area contributed by atoms with Gasteiger partial charge < -0.3 is 33.3 Å². The molecule has 0 N–H and O–H groups in total. The van der Waals surface area contributed by atoms with Crippen LogP contribution in [0.2, 0.25) is 0 Å². The number of aliphatic carboxylic acids is 1. The van der Waals surface area contributed by atoms with Crippen molar-refractivity contribution in [2.45, 2.75) is 206 Å². The highest BCUT2D eigenvalue weighted by atomic mass is 16.7. The van der Waals surface area contributed by atoms with Gasteiger partial charge in [0.2, 0.25) is 0 Å². The van der Waals surface area contributed by atoms with Gasteiger partial charge in [-0.2, -0.15) is 0 Å². The third-order valence-electron chi connectivity index (χ3n) is 11.6. The molecule has 9 nitrogen and oxygen atoms in total. The molecule has 0 amide bonds. The van der Waals surface area contributed by atoms with Crippen LogP contribution in [0.5, 0.6) is 0 Å². The Kier molecular flexibility index (Phi) is 51.8. The first-order chi connectivity index (χ1) is 36.6. The summed E-state index contributed by atoms with van der Waals surface area (Å²) in [7, 11) is 5.88. The van der Waals surface area contributed by atoms with Gasteiger partial charge in [0, 0.05) is 6.42 Å². The van der Waals surface area contributed by atoms with E-state index in [2.05, 4.69) is 141 Å². The van der Waals surface area contributed by atoms with Gasteiger partial charge in [-0.15, -0.1) is 0 Å². The molecule has 0 aromatic rings. The van der Waals surface area contributed by atoms with E-state index < -0.39 is 30.3 Å². The summed E-state index contributed by atoms with van der Waals surface area (Å²) in [5.74, 6) is -2.46. The average Bonchev–Trinajstić information content (AvgIpc) is 3.38. The number of esters is 2. The van der Waals surface area contributed by atoms with E-state index in [0.717, 1.165) is 89.9 Å². The van der Waals surface area contributed by atoms with Gasteiger partial charge in [0.15, 0.2) is 12.4 Å². The van der Waals surface area contributed by atoms with Crippen LogP contribution in [0.3, 0.4) is 0 Å². The van der Waals surface area contributed by atoms with Crippen molar-refractivity contribution in [2.75, 3.05) is 47.5 Å². The van der Waals surface area contributed by atoms with Crippen LogP contribution in [0, 0.1) is 0 Å². The predicted octanol–water partition coefficient (Wildman–Crippen LogP) is 15.9. The zero-order chi connectivity index (χ0) is 54.8. The Balaban J connectivity index is 4.23. The van der Waals surface area contributed by atoms with Crippen LogP contribution in [0.1, 0.15) is 194 Å². The second-order valence-corrected chi connectivity index (χ2v) is 19.8. The zero-order valence-electron chi connectivity index (χ0n) is 47.9. The number of likely N-dealkylation sites (N-methyl/N-ethyl adjacent to an activating group) is 1. The van der Waals surface area contributed by atoms with Crippen LogP contribution < -0.4 is 5.11 Å². The van der Waals surface area contributed by atoms with Gasteiger partial charge in [-0.05, 0) is 96.3 Å². The van der Waals surface area contributed by atoms with E-state index in [9.17, 15) is 19.5 Å². The molecule has 0 aliphatic carbocycles. The molecule has 0 aromatic heterocycles. The van der Waals surface area contributed by atoms with Crippen molar-refractivity contribution in [3.63, 3.8) is 0 Å². The van der Waals surface area contributed by atoms with Crippen LogP contribution in [0.4, 0.5) is 0 Å². The normalized spacial score (nSPS) is 13.9. The molecule has 2 unspecified atom stereocenters. The third-order valence-corrected chi connectivity index (χ3v) is 11.6. The molecule has 0 fully saturated rings. The summed E-state index contributed by atoms with van der Waals surface area (Å²) in [5, 5.41) is 11.8. The van der Waals surface area contributed by atoms with E-state index in [1.54, 1.807) is 6.08 Å². The minimum absolute atomic E-state index is 0.0528. The van der Waals surface area contributed by atoms with E-state index in [0.29, 0.717) is 23.9 Å². The standard InChI is InChI=1S/C66H105NO8/c1-6-8-10-12-14-16-18-20-22-23-24-25-26-27-28-29-30-31-32-33-34-35-36-37-38-39-40-41-43-45-47-49-51-53-55-57-64(69)75-62(61-74-66(65(70)71)72-59-58-67(3,4)5)60-73-63(68)56-54-52-50-48-46-44-42-21-19-17-15-13-11-9-7-2/h8-11,14-17,20-22,24-25,27-28,30-31,33-34,42,46,48,52,54,62,66H,6-7,12-13,18-19,23,26,29,32,35-41,43-45,47,49-51,53,55-61H2,1-5H3/b10-8-,11-9-,16-14-,17-15-,22-20-,25-24-,28-27-,31-30-,34-33-,42-21-,48-46-,54-52-. The number of carbonyl (C=O) groups excluding carboxylic acids is 3. The summed E-state index contributed by atoms with van der Waals surface area (Å²) < 4.78 is 22.5. The molecule has 422 valence electrons. The van der Waals surface area contributed by atoms with Crippen LogP contribution >= 0.6 is 0 Å². The average molecular weight is 1040 g/mol. The van der Waals surface area contributed by atoms with Crippen molar-refractivity contribution >= 4 is 17.9 Å². The molecule has 0 saturated heterocycles. The molecule has 0 aliphatic rings. The maximum absolute atomic E-state index is 12.8. The highest BCUT2D eigenvalue weighted by molar-refractivity contribution is 5.71. The highest BCUT2D eigenvalue weighted by Crippen LogP contribution is 2.15. The number of ether oxygens (including phenoxy) is 4. The minimum atomic E-state index is -1.65. The van der Waals surface area contributed by atoms with Gasteiger partial charge >= 0.3 is 11.9 Å². The molecule has 0 rings (SSSR count). The lowest BCUT2D eigenvalue weighted by molar-refractivity contribution is -0.870. The molecule has 0 saturated carbocycles. The Morgan fingerprint density at radius 2 is 0.760 bits per heavy atom. The lowest BCUT2D eigenvalue weighted by Crippen LogP contribution is -2.44. The molecule has 75 heavy (non-hydrogen) atoms. The maximum Gasteiger partial charge on any atom is 0.309 e. The third kappa shape index (κ3) is 56.7. The molecular weight excluding hydrogens is 935 g/mol. The molecule has 0 radical (unpaired) electrons. The van der Waals surface area contributed by atoms with Crippen LogP contribution in [-0.2, 0) is 33.3 Å². The van der Waals surface area contributed by atoms with E-state index >= 15 is 0 Å². The summed E-state index contributed by atoms with van der Waals surface area (Å²) in [6.45, 7) is 4.37. The Hall–Kier alpha value is -4.83. The van der Waals surface area contributed by atoms with Gasteiger partial charge in [-0.1, -0.05) is 230 Å². The number of hydrogen-bond acceptors (Lipinski definition) is 8. The molecule has 0 heterocycles. The van der Waals surface area contributed by atoms with Crippen molar-refractivity contribution in [3.8, 4) is 0 Å². The first-order valence-electron chi connectivity index (χ1n) is 29.0. The highest BCUT2D eigenvalue weighted by Gasteiger charge is 2.21. The number of rotatable bonds is 51. The molecule has 0 aromatic carbocycles. The number of quaternary nitrogens is 1. The summed E-state index contributed by atoms with van der Waals surface area (Å²) in [6, 6.07) is 0. The van der Waals surface area contributed by atoms with Crippen LogP contribution in [-0.4, -0.2) is 82.3 Å². The van der Waals surface area contributed by atoms with Gasteiger partial charge in [0.1, 0.15) is 13.2 Å². The summed E-state index contributed by atoms with van der Waals surface area (Å²) in [5.41, 5.74) is 0. The Labute approximate surface area is 458 Å². The lowest BCUT2D eigenvalue weighted by Gasteiger charge is -2.26. The fraction of sp³-hybridized carbons (Fsp3) is 0.591. The van der Waals surface area contributed by atoms with Crippen molar-refractivity contribution in [2.24, 2.45) is 0 Å². The minimum Gasteiger partial charge on any atom is -0.545 e. The zero-order valence-corrected chi connectivity index (χ0v) is 47.9. The number of carboxylic acid groups (broad SMARTS) is 1. The molecule has 9 heteroatoms. The summed E-state index contributed by atoms with van der Waals surface area (Å²) >= 11 is 0. The molecule has 0 bridgehead atoms. The van der Waals surface area contributed by atoms with E-state index in [-0.39, 0.29) is 32.7 Å². The lowest BCUT2D eigenvalue weighted by atomic mass is 10.0. The second-order valence-electron chi connectivity index (χ2n) is 19.8. The van der Waals surface area contributed by atoms with Crippen molar-refractivity contribution in [1.82, 2.24) is 0 Å². The molecule has 0 aliphatic heterocycles. The fourth-order valence-electron chi connectivity index (χ4n) is 7.24. The summed E-state index contributed by atoms with van der Waals surface area (Å²) in [6.07, 6.45) is 78.0. The van der Waals surface area contributed by atoms with Crippen LogP contribution in [0.25, 0.3) is 0 Å². The molecule has 0 spiro atoms. The fourth-order valence-corrected chi connectivity index (χ4v) is 7.24. The SMILES string of the molecule is CC/C=C\C/C=C\C/C=C\C/C=C\C/C=C\C/C=C\C/C=C\CCCCCCCCCCCCCCCC(=O)OC(COC(=O)C/C=C\C/C=C\C/C=C\C/C=C\C/C=C\CC)COC(OCC[N+](C)(C)C)C(=O)[O-]. The smallest absolute Gasteiger partial charge is 0.309 e. The number of allylic oxidation sites excluding steroid dienone is 23. The van der Waals surface area contributed by atoms with Crippen molar-refractivity contribution in [3.05, 3.63) is 146 Å². The van der Waals surface area contributed by atoms with Gasteiger partial charge in [-0.25, -0.2) is 0 Å².